The first-order valence-electron chi connectivity index (χ1n) is 5.90. The summed E-state index contributed by atoms with van der Waals surface area (Å²) in [5, 5.41) is 7.33. The zero-order valence-corrected chi connectivity index (χ0v) is 12.4. The molecule has 1 N–H and O–H groups in total. The van der Waals surface area contributed by atoms with Crippen molar-refractivity contribution in [3.8, 4) is 11.3 Å². The molecule has 1 heterocycles. The van der Waals surface area contributed by atoms with Gasteiger partial charge < -0.3 is 9.84 Å². The third-order valence-electron chi connectivity index (χ3n) is 2.56. The number of hydrogen-bond donors (Lipinski definition) is 1. The fraction of sp³-hybridized carbons (Fsp3) is 0.357. The summed E-state index contributed by atoms with van der Waals surface area (Å²) in [6.45, 7) is 7.16. The van der Waals surface area contributed by atoms with Crippen molar-refractivity contribution in [1.29, 1.82) is 0 Å². The number of nitrogens with one attached hydrogen (secondary N) is 1. The van der Waals surface area contributed by atoms with Gasteiger partial charge in [0.1, 0.15) is 0 Å². The van der Waals surface area contributed by atoms with E-state index in [-0.39, 0.29) is 5.54 Å². The van der Waals surface area contributed by atoms with Crippen LogP contribution in [0.2, 0.25) is 0 Å². The van der Waals surface area contributed by atoms with Crippen molar-refractivity contribution in [3.63, 3.8) is 0 Å². The monoisotopic (exact) mass is 308 g/mol. The molecular formula is C14H17BrN2O. The van der Waals surface area contributed by atoms with Crippen LogP contribution in [0.1, 0.15) is 26.3 Å². The SMILES string of the molecule is CC(C)(C)NCc1cnoc1-c1ccc(Br)cc1. The molecule has 2 aromatic rings. The van der Waals surface area contributed by atoms with Gasteiger partial charge in [0.15, 0.2) is 5.76 Å². The van der Waals surface area contributed by atoms with E-state index in [0.29, 0.717) is 0 Å². The average molecular weight is 309 g/mol. The molecule has 0 aliphatic rings. The molecule has 96 valence electrons. The fourth-order valence-corrected chi connectivity index (χ4v) is 1.85. The molecule has 18 heavy (non-hydrogen) atoms. The molecule has 1 aromatic carbocycles. The Hall–Kier alpha value is -1.13. The number of benzene rings is 1. The van der Waals surface area contributed by atoms with Crippen molar-refractivity contribution in [2.75, 3.05) is 0 Å². The van der Waals surface area contributed by atoms with Crippen LogP contribution in [0.25, 0.3) is 11.3 Å². The quantitative estimate of drug-likeness (QED) is 0.931. The van der Waals surface area contributed by atoms with Gasteiger partial charge in [0.25, 0.3) is 0 Å². The molecule has 0 aliphatic carbocycles. The minimum atomic E-state index is 0.0776. The van der Waals surface area contributed by atoms with Gasteiger partial charge >= 0.3 is 0 Å². The van der Waals surface area contributed by atoms with Gasteiger partial charge in [-0.3, -0.25) is 0 Å². The lowest BCUT2D eigenvalue weighted by Gasteiger charge is -2.20. The predicted octanol–water partition coefficient (Wildman–Crippen LogP) is 3.99. The van der Waals surface area contributed by atoms with Crippen molar-refractivity contribution in [3.05, 3.63) is 40.5 Å². The third kappa shape index (κ3) is 3.43. The summed E-state index contributed by atoms with van der Waals surface area (Å²) in [7, 11) is 0. The fourth-order valence-electron chi connectivity index (χ4n) is 1.59. The van der Waals surface area contributed by atoms with Crippen LogP contribution in [0.3, 0.4) is 0 Å². The standard InChI is InChI=1S/C14H17BrN2O/c1-14(2,3)16-8-11-9-17-18-13(11)10-4-6-12(15)7-5-10/h4-7,9,16H,8H2,1-3H3. The van der Waals surface area contributed by atoms with Gasteiger partial charge in [-0.05, 0) is 32.9 Å². The topological polar surface area (TPSA) is 38.1 Å². The molecule has 0 saturated carbocycles. The van der Waals surface area contributed by atoms with Gasteiger partial charge in [-0.15, -0.1) is 0 Å². The van der Waals surface area contributed by atoms with E-state index >= 15 is 0 Å². The first kappa shape index (κ1) is 13.3. The first-order valence-corrected chi connectivity index (χ1v) is 6.69. The van der Waals surface area contributed by atoms with E-state index in [2.05, 4.69) is 47.2 Å². The molecule has 3 nitrogen and oxygen atoms in total. The smallest absolute Gasteiger partial charge is 0.171 e. The Morgan fingerprint density at radius 3 is 2.50 bits per heavy atom. The second-order valence-corrected chi connectivity index (χ2v) is 6.21. The van der Waals surface area contributed by atoms with E-state index in [0.717, 1.165) is 27.9 Å². The summed E-state index contributed by atoms with van der Waals surface area (Å²) < 4.78 is 6.41. The highest BCUT2D eigenvalue weighted by molar-refractivity contribution is 9.10. The van der Waals surface area contributed by atoms with E-state index in [9.17, 15) is 0 Å². The third-order valence-corrected chi connectivity index (χ3v) is 3.09. The van der Waals surface area contributed by atoms with Crippen molar-refractivity contribution < 1.29 is 4.52 Å². The number of halogens is 1. The lowest BCUT2D eigenvalue weighted by atomic mass is 10.1. The van der Waals surface area contributed by atoms with Crippen molar-refractivity contribution in [2.24, 2.45) is 0 Å². The molecule has 0 saturated heterocycles. The van der Waals surface area contributed by atoms with Crippen LogP contribution >= 0.6 is 15.9 Å². The molecule has 2 rings (SSSR count). The van der Waals surface area contributed by atoms with Gasteiger partial charge in [-0.1, -0.05) is 33.2 Å². The second-order valence-electron chi connectivity index (χ2n) is 5.29. The largest absolute Gasteiger partial charge is 0.356 e. The molecule has 0 fully saturated rings. The van der Waals surface area contributed by atoms with Crippen LogP contribution in [-0.2, 0) is 6.54 Å². The van der Waals surface area contributed by atoms with Crippen molar-refractivity contribution >= 4 is 15.9 Å². The maximum absolute atomic E-state index is 5.35. The lowest BCUT2D eigenvalue weighted by Crippen LogP contribution is -2.35. The zero-order chi connectivity index (χ0) is 13.2. The Morgan fingerprint density at radius 2 is 1.89 bits per heavy atom. The molecule has 4 heteroatoms. The Morgan fingerprint density at radius 1 is 1.22 bits per heavy atom. The summed E-state index contributed by atoms with van der Waals surface area (Å²) in [6.07, 6.45) is 1.77. The first-order chi connectivity index (χ1) is 8.46. The zero-order valence-electron chi connectivity index (χ0n) is 10.8. The van der Waals surface area contributed by atoms with Crippen LogP contribution < -0.4 is 5.32 Å². The number of hydrogen-bond acceptors (Lipinski definition) is 3. The van der Waals surface area contributed by atoms with E-state index in [4.69, 9.17) is 4.52 Å². The summed E-state index contributed by atoms with van der Waals surface area (Å²) in [4.78, 5) is 0. The Kier molecular flexibility index (Phi) is 3.88. The summed E-state index contributed by atoms with van der Waals surface area (Å²) >= 11 is 3.43. The molecular weight excluding hydrogens is 292 g/mol. The number of rotatable bonds is 3. The minimum Gasteiger partial charge on any atom is -0.356 e. The second kappa shape index (κ2) is 5.24. The van der Waals surface area contributed by atoms with E-state index < -0.39 is 0 Å². The molecule has 0 amide bonds. The minimum absolute atomic E-state index is 0.0776. The van der Waals surface area contributed by atoms with Crippen molar-refractivity contribution in [1.82, 2.24) is 10.5 Å². The Labute approximate surface area is 116 Å². The molecule has 0 atom stereocenters. The highest BCUT2D eigenvalue weighted by Gasteiger charge is 2.14. The molecule has 1 aromatic heterocycles. The predicted molar refractivity (Wildman–Crippen MR) is 76.2 cm³/mol. The van der Waals surface area contributed by atoms with Crippen molar-refractivity contribution in [2.45, 2.75) is 32.9 Å². The van der Waals surface area contributed by atoms with Crippen LogP contribution in [-0.4, -0.2) is 10.7 Å². The van der Waals surface area contributed by atoms with E-state index in [1.165, 1.54) is 0 Å². The van der Waals surface area contributed by atoms with Gasteiger partial charge in [-0.2, -0.15) is 0 Å². The number of nitrogens with zero attached hydrogens (tertiary/aromatic N) is 1. The highest BCUT2D eigenvalue weighted by atomic mass is 79.9. The highest BCUT2D eigenvalue weighted by Crippen LogP contribution is 2.25. The summed E-state index contributed by atoms with van der Waals surface area (Å²) in [5.74, 6) is 0.833. The lowest BCUT2D eigenvalue weighted by molar-refractivity contribution is 0.418. The van der Waals surface area contributed by atoms with Crippen LogP contribution in [0.5, 0.6) is 0 Å². The molecule has 0 radical (unpaired) electrons. The van der Waals surface area contributed by atoms with Gasteiger partial charge in [0, 0.05) is 27.7 Å². The average Bonchev–Trinajstić information content (AvgIpc) is 2.75. The Bertz CT molecular complexity index is 511. The van der Waals surface area contributed by atoms with Gasteiger partial charge in [-0.25, -0.2) is 0 Å². The molecule has 0 aliphatic heterocycles. The van der Waals surface area contributed by atoms with Crippen LogP contribution in [0.15, 0.2) is 39.5 Å². The van der Waals surface area contributed by atoms with Crippen LogP contribution in [0.4, 0.5) is 0 Å². The van der Waals surface area contributed by atoms with E-state index in [1.807, 2.05) is 24.3 Å². The summed E-state index contributed by atoms with van der Waals surface area (Å²) in [6, 6.07) is 8.04. The van der Waals surface area contributed by atoms with Crippen LogP contribution in [0, 0.1) is 0 Å². The maximum atomic E-state index is 5.35. The van der Waals surface area contributed by atoms with E-state index in [1.54, 1.807) is 6.20 Å². The molecule has 0 spiro atoms. The summed E-state index contributed by atoms with van der Waals surface area (Å²) in [5.41, 5.74) is 2.20. The number of aromatic nitrogens is 1. The Balaban J connectivity index is 2.20. The maximum Gasteiger partial charge on any atom is 0.171 e. The van der Waals surface area contributed by atoms with Gasteiger partial charge in [0.05, 0.1) is 6.20 Å². The normalized spacial score (nSPS) is 11.8. The molecule has 0 bridgehead atoms. The van der Waals surface area contributed by atoms with Gasteiger partial charge in [0.2, 0.25) is 0 Å². The molecule has 0 unspecified atom stereocenters.